The fourth-order valence-corrected chi connectivity index (χ4v) is 2.23. The number of carboxylic acids is 1. The summed E-state index contributed by atoms with van der Waals surface area (Å²) in [6, 6.07) is 12.9. The van der Waals surface area contributed by atoms with E-state index in [2.05, 4.69) is 10.6 Å². The average molecular weight is 358 g/mol. The molecule has 0 bridgehead atoms. The van der Waals surface area contributed by atoms with E-state index >= 15 is 0 Å². The lowest BCUT2D eigenvalue weighted by molar-refractivity contribution is 0.0696. The molecule has 2 aromatic rings. The van der Waals surface area contributed by atoms with Crippen molar-refractivity contribution >= 4 is 34.9 Å². The number of carbonyl (C=O) groups is 2. The van der Waals surface area contributed by atoms with Gasteiger partial charge in [-0.05, 0) is 55.0 Å². The van der Waals surface area contributed by atoms with E-state index in [9.17, 15) is 9.59 Å². The summed E-state index contributed by atoms with van der Waals surface area (Å²) in [4.78, 5) is 23.2. The predicted molar refractivity (Wildman–Crippen MR) is 99.3 cm³/mol. The van der Waals surface area contributed by atoms with Gasteiger partial charge in [0.05, 0.1) is 12.2 Å². The van der Waals surface area contributed by atoms with Gasteiger partial charge in [-0.25, -0.2) is 4.79 Å². The molecule has 0 unspecified atom stereocenters. The van der Waals surface area contributed by atoms with Gasteiger partial charge in [-0.2, -0.15) is 0 Å². The Morgan fingerprint density at radius 3 is 2.56 bits per heavy atom. The third-order valence-electron chi connectivity index (χ3n) is 3.16. The van der Waals surface area contributed by atoms with E-state index in [0.717, 1.165) is 6.42 Å². The Morgan fingerprint density at radius 2 is 1.84 bits per heavy atom. The molecule has 0 atom stereocenters. The number of carbonyl (C=O) groups excluding carboxylic acids is 1. The molecular weight excluding hydrogens is 340 g/mol. The quantitative estimate of drug-likeness (QED) is 0.687. The summed E-state index contributed by atoms with van der Waals surface area (Å²) in [5.41, 5.74) is 1.02. The van der Waals surface area contributed by atoms with E-state index in [0.29, 0.717) is 23.6 Å². The molecule has 0 aliphatic carbocycles. The molecule has 2 aromatic carbocycles. The first-order chi connectivity index (χ1) is 12.0. The first-order valence-corrected chi connectivity index (χ1v) is 8.09. The SMILES string of the molecule is CCCOc1cccc(C(=O)NC(=S)Nc2cccc(C(=O)O)c2)c1. The molecule has 0 saturated carbocycles. The number of thiocarbonyl (C=S) groups is 1. The van der Waals surface area contributed by atoms with Crippen molar-refractivity contribution in [1.29, 1.82) is 0 Å². The normalized spacial score (nSPS) is 9.96. The minimum atomic E-state index is -1.04. The summed E-state index contributed by atoms with van der Waals surface area (Å²) in [5.74, 6) is -0.807. The van der Waals surface area contributed by atoms with Crippen LogP contribution in [0.25, 0.3) is 0 Å². The van der Waals surface area contributed by atoms with Gasteiger partial charge in [0.1, 0.15) is 5.75 Å². The van der Waals surface area contributed by atoms with Crippen molar-refractivity contribution in [3.63, 3.8) is 0 Å². The molecule has 7 heteroatoms. The van der Waals surface area contributed by atoms with E-state index in [1.807, 2.05) is 6.92 Å². The van der Waals surface area contributed by atoms with E-state index in [4.69, 9.17) is 22.1 Å². The van der Waals surface area contributed by atoms with Crippen LogP contribution in [0.1, 0.15) is 34.1 Å². The summed E-state index contributed by atoms with van der Waals surface area (Å²) < 4.78 is 5.50. The third kappa shape index (κ3) is 5.58. The monoisotopic (exact) mass is 358 g/mol. The largest absolute Gasteiger partial charge is 0.494 e. The van der Waals surface area contributed by atoms with Gasteiger partial charge >= 0.3 is 5.97 Å². The molecular formula is C18H18N2O4S. The number of nitrogens with one attached hydrogen (secondary N) is 2. The van der Waals surface area contributed by atoms with Crippen molar-refractivity contribution < 1.29 is 19.4 Å². The maximum absolute atomic E-state index is 12.3. The van der Waals surface area contributed by atoms with Crippen LogP contribution in [0.15, 0.2) is 48.5 Å². The molecule has 1 amide bonds. The van der Waals surface area contributed by atoms with Crippen LogP contribution in [0, 0.1) is 0 Å². The number of hydrogen-bond donors (Lipinski definition) is 3. The minimum Gasteiger partial charge on any atom is -0.494 e. The number of anilines is 1. The van der Waals surface area contributed by atoms with Gasteiger partial charge in [0.2, 0.25) is 0 Å². The minimum absolute atomic E-state index is 0.0763. The van der Waals surface area contributed by atoms with E-state index < -0.39 is 5.97 Å². The van der Waals surface area contributed by atoms with Crippen molar-refractivity contribution in [3.05, 3.63) is 59.7 Å². The Bertz CT molecular complexity index is 792. The van der Waals surface area contributed by atoms with Gasteiger partial charge in [-0.1, -0.05) is 19.1 Å². The second-order valence-electron chi connectivity index (χ2n) is 5.17. The molecule has 0 aliphatic rings. The Hall–Kier alpha value is -2.93. The molecule has 0 saturated heterocycles. The number of aromatic carboxylic acids is 1. The highest BCUT2D eigenvalue weighted by Crippen LogP contribution is 2.14. The number of benzene rings is 2. The van der Waals surface area contributed by atoms with E-state index in [1.165, 1.54) is 12.1 Å². The predicted octanol–water partition coefficient (Wildman–Crippen LogP) is 3.30. The molecule has 0 spiro atoms. The van der Waals surface area contributed by atoms with Crippen molar-refractivity contribution in [2.24, 2.45) is 0 Å². The second kappa shape index (κ2) is 8.79. The Kier molecular flexibility index (Phi) is 6.47. The highest BCUT2D eigenvalue weighted by molar-refractivity contribution is 7.80. The van der Waals surface area contributed by atoms with Gasteiger partial charge in [-0.15, -0.1) is 0 Å². The fourth-order valence-electron chi connectivity index (χ4n) is 2.01. The molecule has 130 valence electrons. The number of amides is 1. The summed E-state index contributed by atoms with van der Waals surface area (Å²) in [7, 11) is 0. The van der Waals surface area contributed by atoms with E-state index in [1.54, 1.807) is 36.4 Å². The molecule has 0 heterocycles. The zero-order chi connectivity index (χ0) is 18.2. The lowest BCUT2D eigenvalue weighted by Gasteiger charge is -2.11. The van der Waals surface area contributed by atoms with Crippen LogP contribution >= 0.6 is 12.2 Å². The highest BCUT2D eigenvalue weighted by atomic mass is 32.1. The lowest BCUT2D eigenvalue weighted by Crippen LogP contribution is -2.34. The van der Waals surface area contributed by atoms with Gasteiger partial charge in [0.25, 0.3) is 5.91 Å². The maximum Gasteiger partial charge on any atom is 0.335 e. The Labute approximate surface area is 150 Å². The fraction of sp³-hybridized carbons (Fsp3) is 0.167. The van der Waals surface area contributed by atoms with Crippen LogP contribution < -0.4 is 15.4 Å². The topological polar surface area (TPSA) is 87.7 Å². The lowest BCUT2D eigenvalue weighted by atomic mass is 10.2. The smallest absolute Gasteiger partial charge is 0.335 e. The maximum atomic E-state index is 12.3. The third-order valence-corrected chi connectivity index (χ3v) is 3.37. The highest BCUT2D eigenvalue weighted by Gasteiger charge is 2.10. The number of ether oxygens (including phenoxy) is 1. The number of hydrogen-bond acceptors (Lipinski definition) is 4. The van der Waals surface area contributed by atoms with Crippen molar-refractivity contribution in [2.45, 2.75) is 13.3 Å². The zero-order valence-electron chi connectivity index (χ0n) is 13.6. The van der Waals surface area contributed by atoms with Crippen LogP contribution in [-0.2, 0) is 0 Å². The van der Waals surface area contributed by atoms with Crippen molar-refractivity contribution in [1.82, 2.24) is 5.32 Å². The molecule has 0 aromatic heterocycles. The van der Waals surface area contributed by atoms with Crippen LogP contribution in [-0.4, -0.2) is 28.7 Å². The van der Waals surface area contributed by atoms with Gasteiger partial charge in [-0.3, -0.25) is 10.1 Å². The van der Waals surface area contributed by atoms with Gasteiger partial charge < -0.3 is 15.2 Å². The first-order valence-electron chi connectivity index (χ1n) is 7.68. The molecule has 0 radical (unpaired) electrons. The molecule has 2 rings (SSSR count). The Morgan fingerprint density at radius 1 is 1.12 bits per heavy atom. The summed E-state index contributed by atoms with van der Waals surface area (Å²) in [5, 5.41) is 14.4. The Balaban J connectivity index is 1.99. The standard InChI is InChI=1S/C18H18N2O4S/c1-2-9-24-15-8-4-5-12(11-15)16(21)20-18(25)19-14-7-3-6-13(10-14)17(22)23/h3-8,10-11H,2,9H2,1H3,(H,22,23)(H2,19,20,21,25). The zero-order valence-corrected chi connectivity index (χ0v) is 14.4. The summed E-state index contributed by atoms with van der Waals surface area (Å²) in [6.45, 7) is 2.57. The van der Waals surface area contributed by atoms with Crippen LogP contribution in [0.4, 0.5) is 5.69 Å². The van der Waals surface area contributed by atoms with Crippen LogP contribution in [0.5, 0.6) is 5.75 Å². The first kappa shape index (κ1) is 18.4. The second-order valence-corrected chi connectivity index (χ2v) is 5.58. The number of carboxylic acid groups (broad SMARTS) is 1. The van der Waals surface area contributed by atoms with Crippen molar-refractivity contribution in [2.75, 3.05) is 11.9 Å². The summed E-state index contributed by atoms with van der Waals surface area (Å²) >= 11 is 5.10. The van der Waals surface area contributed by atoms with Crippen LogP contribution in [0.3, 0.4) is 0 Å². The molecule has 25 heavy (non-hydrogen) atoms. The van der Waals surface area contributed by atoms with Crippen LogP contribution in [0.2, 0.25) is 0 Å². The van der Waals surface area contributed by atoms with Crippen molar-refractivity contribution in [3.8, 4) is 5.75 Å². The van der Waals surface area contributed by atoms with Gasteiger partial charge in [0.15, 0.2) is 5.11 Å². The summed E-state index contributed by atoms with van der Waals surface area (Å²) in [6.07, 6.45) is 0.875. The molecule has 6 nitrogen and oxygen atoms in total. The molecule has 0 fully saturated rings. The average Bonchev–Trinajstić information content (AvgIpc) is 2.60. The molecule has 3 N–H and O–H groups in total. The molecule has 0 aliphatic heterocycles. The van der Waals surface area contributed by atoms with Gasteiger partial charge in [0, 0.05) is 11.3 Å². The number of rotatable bonds is 6. The van der Waals surface area contributed by atoms with E-state index in [-0.39, 0.29) is 16.6 Å².